The van der Waals surface area contributed by atoms with Crippen molar-refractivity contribution in [3.8, 4) is 0 Å². The van der Waals surface area contributed by atoms with Gasteiger partial charge in [0.05, 0.1) is 5.92 Å². The number of carboxylic acids is 1. The van der Waals surface area contributed by atoms with Gasteiger partial charge in [0.2, 0.25) is 5.91 Å². The summed E-state index contributed by atoms with van der Waals surface area (Å²) >= 11 is 0. The van der Waals surface area contributed by atoms with Crippen LogP contribution in [-0.4, -0.2) is 34.5 Å². The summed E-state index contributed by atoms with van der Waals surface area (Å²) in [5.74, 6) is -1.18. The van der Waals surface area contributed by atoms with Crippen LogP contribution in [0.25, 0.3) is 6.08 Å². The lowest BCUT2D eigenvalue weighted by molar-refractivity contribution is -0.149. The zero-order valence-electron chi connectivity index (χ0n) is 12.9. The van der Waals surface area contributed by atoms with Gasteiger partial charge in [0, 0.05) is 19.0 Å². The quantitative estimate of drug-likeness (QED) is 0.908. The van der Waals surface area contributed by atoms with Gasteiger partial charge in [-0.3, -0.25) is 9.59 Å². The molecule has 0 saturated carbocycles. The first kappa shape index (κ1) is 16.3. The van der Waals surface area contributed by atoms with Gasteiger partial charge in [0.1, 0.15) is 0 Å². The van der Waals surface area contributed by atoms with Crippen LogP contribution < -0.4 is 0 Å². The van der Waals surface area contributed by atoms with Gasteiger partial charge < -0.3 is 10.0 Å². The fourth-order valence-corrected chi connectivity index (χ4v) is 2.96. The highest BCUT2D eigenvalue weighted by atomic mass is 16.4. The predicted molar refractivity (Wildman–Crippen MR) is 86.2 cm³/mol. The SMILES string of the molecule is C[C@@H]1[C@H](C(=O)O)CCCN1C(=O)CC/C=C/c1ccccc1. The van der Waals surface area contributed by atoms with Crippen molar-refractivity contribution < 1.29 is 14.7 Å². The van der Waals surface area contributed by atoms with Crippen molar-refractivity contribution in [1.82, 2.24) is 4.90 Å². The lowest BCUT2D eigenvalue weighted by Gasteiger charge is -2.37. The Labute approximate surface area is 131 Å². The molecule has 0 aromatic heterocycles. The van der Waals surface area contributed by atoms with E-state index >= 15 is 0 Å². The van der Waals surface area contributed by atoms with Gasteiger partial charge in [-0.2, -0.15) is 0 Å². The monoisotopic (exact) mass is 301 g/mol. The minimum atomic E-state index is -0.797. The van der Waals surface area contributed by atoms with Crippen molar-refractivity contribution in [2.45, 2.75) is 38.6 Å². The molecule has 0 radical (unpaired) electrons. The summed E-state index contributed by atoms with van der Waals surface area (Å²) in [5, 5.41) is 9.20. The summed E-state index contributed by atoms with van der Waals surface area (Å²) in [6, 6.07) is 9.75. The Morgan fingerprint density at radius 1 is 1.32 bits per heavy atom. The standard InChI is InChI=1S/C18H23NO3/c1-14-16(18(21)22)11-7-13-19(14)17(20)12-6-5-10-15-8-3-2-4-9-15/h2-5,8-10,14,16H,6-7,11-13H2,1H3,(H,21,22)/b10-5+/t14-,16-/m1/s1. The number of piperidine rings is 1. The molecular formula is C18H23NO3. The fourth-order valence-electron chi connectivity index (χ4n) is 2.96. The van der Waals surface area contributed by atoms with Crippen molar-refractivity contribution >= 4 is 18.0 Å². The average molecular weight is 301 g/mol. The third-order valence-corrected chi connectivity index (χ3v) is 4.26. The van der Waals surface area contributed by atoms with Crippen molar-refractivity contribution in [2.75, 3.05) is 6.54 Å². The van der Waals surface area contributed by atoms with E-state index in [9.17, 15) is 14.7 Å². The first-order valence-electron chi connectivity index (χ1n) is 7.83. The Bertz CT molecular complexity index is 539. The molecule has 1 aromatic carbocycles. The molecule has 1 aromatic rings. The first-order chi connectivity index (χ1) is 10.6. The third-order valence-electron chi connectivity index (χ3n) is 4.26. The number of rotatable bonds is 5. The summed E-state index contributed by atoms with van der Waals surface area (Å²) in [7, 11) is 0. The number of hydrogen-bond donors (Lipinski definition) is 1. The fraction of sp³-hybridized carbons (Fsp3) is 0.444. The summed E-state index contributed by atoms with van der Waals surface area (Å²) in [6.07, 6.45) is 6.54. The largest absolute Gasteiger partial charge is 0.481 e. The van der Waals surface area contributed by atoms with Crippen LogP contribution in [0.3, 0.4) is 0 Å². The van der Waals surface area contributed by atoms with E-state index in [0.717, 1.165) is 12.0 Å². The molecule has 4 heteroatoms. The van der Waals surface area contributed by atoms with Crippen LogP contribution in [-0.2, 0) is 9.59 Å². The maximum Gasteiger partial charge on any atom is 0.308 e. The van der Waals surface area contributed by atoms with E-state index in [1.807, 2.05) is 49.4 Å². The molecule has 0 unspecified atom stereocenters. The summed E-state index contributed by atoms with van der Waals surface area (Å²) in [4.78, 5) is 25.2. The Balaban J connectivity index is 1.84. The second-order valence-electron chi connectivity index (χ2n) is 5.77. The molecule has 22 heavy (non-hydrogen) atoms. The number of nitrogens with zero attached hydrogens (tertiary/aromatic N) is 1. The molecule has 1 saturated heterocycles. The van der Waals surface area contributed by atoms with E-state index in [1.54, 1.807) is 4.90 Å². The van der Waals surface area contributed by atoms with Crippen LogP contribution in [0, 0.1) is 5.92 Å². The van der Waals surface area contributed by atoms with E-state index in [1.165, 1.54) is 0 Å². The molecule has 0 spiro atoms. The van der Waals surface area contributed by atoms with E-state index < -0.39 is 11.9 Å². The first-order valence-corrected chi connectivity index (χ1v) is 7.83. The molecule has 1 heterocycles. The Morgan fingerprint density at radius 3 is 2.73 bits per heavy atom. The topological polar surface area (TPSA) is 57.6 Å². The van der Waals surface area contributed by atoms with Crippen LogP contribution in [0.5, 0.6) is 0 Å². The van der Waals surface area contributed by atoms with Crippen LogP contribution in [0.15, 0.2) is 36.4 Å². The zero-order valence-corrected chi connectivity index (χ0v) is 12.9. The molecule has 0 aliphatic carbocycles. The van der Waals surface area contributed by atoms with Crippen molar-refractivity contribution in [3.05, 3.63) is 42.0 Å². The minimum Gasteiger partial charge on any atom is -0.481 e. The normalized spacial score (nSPS) is 22.0. The van der Waals surface area contributed by atoms with Gasteiger partial charge in [0.15, 0.2) is 0 Å². The highest BCUT2D eigenvalue weighted by Crippen LogP contribution is 2.24. The molecular weight excluding hydrogens is 278 g/mol. The van der Waals surface area contributed by atoms with Crippen LogP contribution in [0.2, 0.25) is 0 Å². The van der Waals surface area contributed by atoms with E-state index in [4.69, 9.17) is 0 Å². The molecule has 0 bridgehead atoms. The average Bonchev–Trinajstić information content (AvgIpc) is 2.52. The molecule has 2 atom stereocenters. The molecule has 1 aliphatic heterocycles. The van der Waals surface area contributed by atoms with Crippen molar-refractivity contribution in [3.63, 3.8) is 0 Å². The molecule has 118 valence electrons. The van der Waals surface area contributed by atoms with Crippen LogP contribution in [0.4, 0.5) is 0 Å². The molecule has 1 amide bonds. The number of benzene rings is 1. The number of carboxylic acid groups (broad SMARTS) is 1. The maximum atomic E-state index is 12.3. The van der Waals surface area contributed by atoms with Crippen molar-refractivity contribution in [2.24, 2.45) is 5.92 Å². The van der Waals surface area contributed by atoms with Gasteiger partial charge >= 0.3 is 5.97 Å². The number of carbonyl (C=O) groups is 2. The molecule has 4 nitrogen and oxygen atoms in total. The predicted octanol–water partition coefficient (Wildman–Crippen LogP) is 3.19. The van der Waals surface area contributed by atoms with Gasteiger partial charge in [-0.1, -0.05) is 42.5 Å². The lowest BCUT2D eigenvalue weighted by atomic mass is 9.90. The minimum absolute atomic E-state index is 0.0520. The summed E-state index contributed by atoms with van der Waals surface area (Å²) in [5.41, 5.74) is 1.12. The van der Waals surface area contributed by atoms with Crippen LogP contribution in [0.1, 0.15) is 38.2 Å². The molecule has 2 rings (SSSR count). The lowest BCUT2D eigenvalue weighted by Crippen LogP contribution is -2.49. The van der Waals surface area contributed by atoms with Gasteiger partial charge in [-0.15, -0.1) is 0 Å². The number of likely N-dealkylation sites (tertiary alicyclic amines) is 1. The van der Waals surface area contributed by atoms with E-state index in [-0.39, 0.29) is 11.9 Å². The Kier molecular flexibility index (Phi) is 5.75. The number of amides is 1. The maximum absolute atomic E-state index is 12.3. The highest BCUT2D eigenvalue weighted by molar-refractivity contribution is 5.79. The second kappa shape index (κ2) is 7.78. The Hall–Kier alpha value is -2.10. The number of carbonyl (C=O) groups excluding carboxylic acids is 1. The number of hydrogen-bond acceptors (Lipinski definition) is 2. The number of aliphatic carboxylic acids is 1. The molecule has 1 aliphatic rings. The zero-order chi connectivity index (χ0) is 15.9. The van der Waals surface area contributed by atoms with E-state index in [0.29, 0.717) is 25.8 Å². The molecule has 1 fully saturated rings. The third kappa shape index (κ3) is 4.20. The van der Waals surface area contributed by atoms with Gasteiger partial charge in [-0.05, 0) is 31.7 Å². The van der Waals surface area contributed by atoms with Crippen LogP contribution >= 0.6 is 0 Å². The second-order valence-corrected chi connectivity index (χ2v) is 5.77. The molecule has 1 N–H and O–H groups in total. The summed E-state index contributed by atoms with van der Waals surface area (Å²) in [6.45, 7) is 2.52. The van der Waals surface area contributed by atoms with Crippen molar-refractivity contribution in [1.29, 1.82) is 0 Å². The van der Waals surface area contributed by atoms with Gasteiger partial charge in [0.25, 0.3) is 0 Å². The summed E-state index contributed by atoms with van der Waals surface area (Å²) < 4.78 is 0. The number of allylic oxidation sites excluding steroid dienone is 1. The van der Waals surface area contributed by atoms with Gasteiger partial charge in [-0.25, -0.2) is 0 Å². The smallest absolute Gasteiger partial charge is 0.308 e. The highest BCUT2D eigenvalue weighted by Gasteiger charge is 2.34. The Morgan fingerprint density at radius 2 is 2.05 bits per heavy atom. The van der Waals surface area contributed by atoms with E-state index in [2.05, 4.69) is 0 Å².